The third kappa shape index (κ3) is 6.62. The summed E-state index contributed by atoms with van der Waals surface area (Å²) < 4.78 is -0.839. The van der Waals surface area contributed by atoms with E-state index in [1.165, 1.54) is 0 Å². The van der Waals surface area contributed by atoms with Crippen molar-refractivity contribution < 1.29 is 10.2 Å². The quantitative estimate of drug-likeness (QED) is 0.335. The zero-order valence-electron chi connectivity index (χ0n) is 4.28. The fourth-order valence-corrected chi connectivity index (χ4v) is 0.619. The number of aliphatic hydroxyl groups is 2. The van der Waals surface area contributed by atoms with Crippen LogP contribution in [0.5, 0.6) is 0 Å². The van der Waals surface area contributed by atoms with Crippen molar-refractivity contribution in [2.24, 2.45) is 0 Å². The molecule has 0 amide bonds. The van der Waals surface area contributed by atoms with Crippen LogP contribution in [0, 0.1) is 6.92 Å². The highest BCUT2D eigenvalue weighted by atomic mass is 32.2. The Morgan fingerprint density at radius 2 is 1.88 bits per heavy atom. The third-order valence-corrected chi connectivity index (χ3v) is 0.875. The van der Waals surface area contributed by atoms with Crippen LogP contribution in [0.1, 0.15) is 6.42 Å². The number of hydrogen-bond acceptors (Lipinski definition) is 4. The molecule has 0 aromatic rings. The van der Waals surface area contributed by atoms with Gasteiger partial charge in [0.2, 0.25) is 0 Å². The maximum atomic E-state index is 8.31. The lowest BCUT2D eigenvalue weighted by Crippen LogP contribution is -2.17. The van der Waals surface area contributed by atoms with Crippen LogP contribution in [0.25, 0.3) is 0 Å². The van der Waals surface area contributed by atoms with Crippen molar-refractivity contribution in [1.29, 1.82) is 0 Å². The molecule has 0 aromatic carbocycles. The minimum Gasteiger partial charge on any atom is -0.368 e. The van der Waals surface area contributed by atoms with Crippen LogP contribution in [0.3, 0.4) is 0 Å². The van der Waals surface area contributed by atoms with Gasteiger partial charge in [0.15, 0.2) is 6.29 Å². The lowest BCUT2D eigenvalue weighted by Gasteiger charge is -2.16. The maximum Gasteiger partial charge on any atom is 0.153 e. The molecule has 0 bridgehead atoms. The van der Waals surface area contributed by atoms with E-state index in [4.69, 9.17) is 10.2 Å². The largest absolute Gasteiger partial charge is 0.368 e. The molecule has 0 atom stereocenters. The van der Waals surface area contributed by atoms with E-state index in [9.17, 15) is 0 Å². The highest BCUT2D eigenvalue weighted by Crippen LogP contribution is 2.22. The molecule has 0 spiro atoms. The molecule has 0 aliphatic heterocycles. The minimum absolute atomic E-state index is 0.0548. The highest BCUT2D eigenvalue weighted by molar-refractivity contribution is 8.00. The first-order valence-corrected chi connectivity index (χ1v) is 2.97. The van der Waals surface area contributed by atoms with Crippen molar-refractivity contribution in [3.8, 4) is 0 Å². The van der Waals surface area contributed by atoms with Crippen molar-refractivity contribution in [3.05, 3.63) is 6.92 Å². The Morgan fingerprint density at radius 3 is 1.88 bits per heavy atom. The molecule has 0 saturated carbocycles. The van der Waals surface area contributed by atoms with Crippen LogP contribution in [-0.2, 0) is 0 Å². The van der Waals surface area contributed by atoms with E-state index in [0.29, 0.717) is 0 Å². The van der Waals surface area contributed by atoms with Crippen LogP contribution in [0.4, 0.5) is 0 Å². The molecule has 8 heavy (non-hydrogen) atoms. The molecule has 0 fully saturated rings. The lowest BCUT2D eigenvalue weighted by molar-refractivity contribution is -0.0446. The Labute approximate surface area is 59.7 Å². The maximum absolute atomic E-state index is 8.31. The monoisotopic (exact) mass is 153 g/mol. The Hall–Kier alpha value is 0.620. The molecule has 0 aromatic heterocycles. The SMILES string of the molecule is [CH2]C(S)(S)CC(O)O. The van der Waals surface area contributed by atoms with Gasteiger partial charge in [-0.25, -0.2) is 0 Å². The third-order valence-electron chi connectivity index (χ3n) is 0.509. The molecule has 0 heterocycles. The molecule has 0 aliphatic carbocycles. The molecule has 49 valence electrons. The average Bonchev–Trinajstić information content (AvgIpc) is 1.21. The zero-order valence-corrected chi connectivity index (χ0v) is 6.07. The van der Waals surface area contributed by atoms with Gasteiger partial charge < -0.3 is 10.2 Å². The van der Waals surface area contributed by atoms with Gasteiger partial charge in [0.25, 0.3) is 0 Å². The molecule has 0 unspecified atom stereocenters. The summed E-state index contributed by atoms with van der Waals surface area (Å²) in [6.45, 7) is 3.42. The van der Waals surface area contributed by atoms with E-state index >= 15 is 0 Å². The summed E-state index contributed by atoms with van der Waals surface area (Å²) in [5, 5.41) is 16.6. The minimum atomic E-state index is -1.37. The van der Waals surface area contributed by atoms with Gasteiger partial charge in [-0.2, -0.15) is 25.3 Å². The van der Waals surface area contributed by atoms with Gasteiger partial charge in [0.1, 0.15) is 0 Å². The molecule has 2 N–H and O–H groups in total. The smallest absolute Gasteiger partial charge is 0.153 e. The van der Waals surface area contributed by atoms with E-state index in [1.54, 1.807) is 0 Å². The zero-order chi connectivity index (χ0) is 6.78. The molecule has 0 aliphatic rings. The Kier molecular flexibility index (Phi) is 3.19. The van der Waals surface area contributed by atoms with E-state index in [-0.39, 0.29) is 6.42 Å². The predicted octanol–water partition coefficient (Wildman–Crippen LogP) is 0.0772. The summed E-state index contributed by atoms with van der Waals surface area (Å²) in [5.41, 5.74) is 0. The summed E-state index contributed by atoms with van der Waals surface area (Å²) in [4.78, 5) is 0. The van der Waals surface area contributed by atoms with Crippen molar-refractivity contribution in [3.63, 3.8) is 0 Å². The van der Waals surface area contributed by atoms with Crippen molar-refractivity contribution in [2.75, 3.05) is 0 Å². The van der Waals surface area contributed by atoms with E-state index in [1.807, 2.05) is 0 Å². The number of rotatable bonds is 2. The van der Waals surface area contributed by atoms with Crippen LogP contribution < -0.4 is 0 Å². The van der Waals surface area contributed by atoms with Crippen LogP contribution in [0.2, 0.25) is 0 Å². The fraction of sp³-hybridized carbons (Fsp3) is 0.750. The van der Waals surface area contributed by atoms with Gasteiger partial charge in [-0.15, -0.1) is 0 Å². The molecule has 0 rings (SSSR count). The van der Waals surface area contributed by atoms with Gasteiger partial charge in [0, 0.05) is 6.42 Å². The fourth-order valence-electron chi connectivity index (χ4n) is 0.292. The van der Waals surface area contributed by atoms with Crippen molar-refractivity contribution in [1.82, 2.24) is 0 Å². The summed E-state index contributed by atoms with van der Waals surface area (Å²) in [5.74, 6) is 0. The number of hydrogen-bond donors (Lipinski definition) is 4. The van der Waals surface area contributed by atoms with Crippen LogP contribution in [-0.4, -0.2) is 20.6 Å². The Bertz CT molecular complexity index is 66.9. The normalized spacial score (nSPS) is 12.8. The van der Waals surface area contributed by atoms with E-state index < -0.39 is 10.4 Å². The first-order chi connectivity index (χ1) is 3.42. The molecule has 1 radical (unpaired) electrons. The van der Waals surface area contributed by atoms with Crippen LogP contribution >= 0.6 is 25.3 Å². The summed E-state index contributed by atoms with van der Waals surface area (Å²) in [6, 6.07) is 0. The molecule has 4 heteroatoms. The number of aliphatic hydroxyl groups excluding tert-OH is 1. The second kappa shape index (κ2) is 2.96. The van der Waals surface area contributed by atoms with E-state index in [2.05, 4.69) is 32.2 Å². The average molecular weight is 153 g/mol. The highest BCUT2D eigenvalue weighted by Gasteiger charge is 2.16. The summed E-state index contributed by atoms with van der Waals surface area (Å²) >= 11 is 7.65. The van der Waals surface area contributed by atoms with Crippen molar-refractivity contribution >= 4 is 25.3 Å². The number of thiol groups is 2. The van der Waals surface area contributed by atoms with Gasteiger partial charge >= 0.3 is 0 Å². The molecule has 2 nitrogen and oxygen atoms in total. The predicted molar refractivity (Wildman–Crippen MR) is 38.9 cm³/mol. The molecular weight excluding hydrogens is 144 g/mol. The van der Waals surface area contributed by atoms with Crippen LogP contribution in [0.15, 0.2) is 0 Å². The van der Waals surface area contributed by atoms with Gasteiger partial charge in [-0.05, 0) is 6.92 Å². The van der Waals surface area contributed by atoms with Crippen molar-refractivity contribution in [2.45, 2.75) is 16.8 Å². The van der Waals surface area contributed by atoms with Gasteiger partial charge in [0.05, 0.1) is 4.08 Å². The summed E-state index contributed by atoms with van der Waals surface area (Å²) in [7, 11) is 0. The Balaban J connectivity index is 3.39. The molecule has 0 saturated heterocycles. The lowest BCUT2D eigenvalue weighted by atomic mass is 10.3. The molecular formula is C4H9O2S2. The second-order valence-corrected chi connectivity index (χ2v) is 3.73. The second-order valence-electron chi connectivity index (χ2n) is 1.67. The first kappa shape index (κ1) is 8.62. The topological polar surface area (TPSA) is 40.5 Å². The Morgan fingerprint density at radius 1 is 1.50 bits per heavy atom. The summed E-state index contributed by atoms with van der Waals surface area (Å²) in [6.07, 6.45) is -1.32. The first-order valence-electron chi connectivity index (χ1n) is 2.08. The van der Waals surface area contributed by atoms with E-state index in [0.717, 1.165) is 0 Å². The van der Waals surface area contributed by atoms with Gasteiger partial charge in [-0.3, -0.25) is 0 Å². The van der Waals surface area contributed by atoms with Gasteiger partial charge in [-0.1, -0.05) is 0 Å². The standard InChI is InChI=1S/C4H9O2S2/c1-4(7,8)2-3(5)6/h3,5-8H,1-2H2.